The van der Waals surface area contributed by atoms with E-state index in [1.54, 1.807) is 17.7 Å². The van der Waals surface area contributed by atoms with Gasteiger partial charge in [-0.15, -0.1) is 0 Å². The van der Waals surface area contributed by atoms with E-state index in [0.29, 0.717) is 49.0 Å². The van der Waals surface area contributed by atoms with Crippen molar-refractivity contribution in [3.63, 3.8) is 0 Å². The molecule has 1 aliphatic carbocycles. The number of anilines is 1. The highest BCUT2D eigenvalue weighted by molar-refractivity contribution is 6.05. The summed E-state index contributed by atoms with van der Waals surface area (Å²) in [4.78, 5) is 44.2. The van der Waals surface area contributed by atoms with Crippen molar-refractivity contribution in [1.82, 2.24) is 19.8 Å². The molecule has 39 heavy (non-hydrogen) atoms. The molecule has 1 aliphatic heterocycles. The number of ether oxygens (including phenoxy) is 2. The molecule has 1 aromatic heterocycles. The van der Waals surface area contributed by atoms with Gasteiger partial charge in [-0.1, -0.05) is 12.1 Å². The van der Waals surface area contributed by atoms with E-state index in [9.17, 15) is 14.4 Å². The van der Waals surface area contributed by atoms with Crippen LogP contribution in [0.15, 0.2) is 41.2 Å². The van der Waals surface area contributed by atoms with Gasteiger partial charge in [-0.2, -0.15) is 0 Å². The van der Waals surface area contributed by atoms with Gasteiger partial charge in [0.25, 0.3) is 5.91 Å². The predicted molar refractivity (Wildman–Crippen MR) is 150 cm³/mol. The van der Waals surface area contributed by atoms with E-state index in [4.69, 9.17) is 9.47 Å². The van der Waals surface area contributed by atoms with E-state index in [0.717, 1.165) is 49.7 Å². The van der Waals surface area contributed by atoms with E-state index in [1.807, 2.05) is 37.3 Å². The largest absolute Gasteiger partial charge is 0.496 e. The maximum absolute atomic E-state index is 13.0. The van der Waals surface area contributed by atoms with Crippen LogP contribution in [-0.2, 0) is 9.53 Å². The zero-order valence-corrected chi connectivity index (χ0v) is 22.6. The normalized spacial score (nSPS) is 20.1. The van der Waals surface area contributed by atoms with Crippen molar-refractivity contribution in [2.24, 2.45) is 5.92 Å². The van der Waals surface area contributed by atoms with E-state index < -0.39 is 0 Å². The summed E-state index contributed by atoms with van der Waals surface area (Å²) in [6.07, 6.45) is 2.77. The number of nitrogens with one attached hydrogen (secondary N) is 3. The minimum Gasteiger partial charge on any atom is -0.496 e. The lowest BCUT2D eigenvalue weighted by Gasteiger charge is -2.28. The topological polar surface area (TPSA) is 118 Å². The third-order valence-corrected chi connectivity index (χ3v) is 7.92. The first-order valence-electron chi connectivity index (χ1n) is 13.7. The number of aromatic amines is 1. The summed E-state index contributed by atoms with van der Waals surface area (Å²) in [5.41, 5.74) is 3.24. The highest BCUT2D eigenvalue weighted by Crippen LogP contribution is 2.34. The SMILES string of the molecule is COc1cc(NC(=O)[C@H]2CC[C@@H](n3c(=O)[nH]c4c(C(=O)NCCN5CCOCC5)cccc43)CC2)ccc1C. The summed E-state index contributed by atoms with van der Waals surface area (Å²) in [6.45, 7) is 6.42. The molecule has 2 amide bonds. The average Bonchev–Trinajstić information content (AvgIpc) is 3.30. The molecule has 2 fully saturated rings. The third kappa shape index (κ3) is 6.02. The second-order valence-corrected chi connectivity index (χ2v) is 10.4. The molecule has 2 aromatic carbocycles. The molecule has 3 aromatic rings. The zero-order valence-electron chi connectivity index (χ0n) is 22.6. The summed E-state index contributed by atoms with van der Waals surface area (Å²) < 4.78 is 12.5. The summed E-state index contributed by atoms with van der Waals surface area (Å²) in [7, 11) is 1.62. The number of morpholine rings is 1. The molecule has 10 heteroatoms. The standard InChI is InChI=1S/C29H37N5O5/c1-19-6-9-21(18-25(19)38-2)31-27(35)20-7-10-22(11-8-20)34-24-5-3-4-23(26(24)32-29(34)37)28(36)30-12-13-33-14-16-39-17-15-33/h3-6,9,18,20,22H,7-8,10-17H2,1-2H3,(H,30,36)(H,31,35)(H,32,37)/t20-,22+. The van der Waals surface area contributed by atoms with Crippen LogP contribution >= 0.6 is 0 Å². The van der Waals surface area contributed by atoms with Crippen LogP contribution in [0.1, 0.15) is 47.6 Å². The van der Waals surface area contributed by atoms with Gasteiger partial charge in [0.15, 0.2) is 0 Å². The van der Waals surface area contributed by atoms with Crippen molar-refractivity contribution >= 4 is 28.5 Å². The van der Waals surface area contributed by atoms with Crippen LogP contribution in [-0.4, -0.2) is 72.8 Å². The van der Waals surface area contributed by atoms with Crippen molar-refractivity contribution in [3.8, 4) is 5.75 Å². The second-order valence-electron chi connectivity index (χ2n) is 10.4. The minimum absolute atomic E-state index is 0.0123. The van der Waals surface area contributed by atoms with Gasteiger partial charge in [-0.3, -0.25) is 19.1 Å². The second kappa shape index (κ2) is 12.0. The molecule has 2 heterocycles. The molecular formula is C29H37N5O5. The Morgan fingerprint density at radius 3 is 2.62 bits per heavy atom. The minimum atomic E-state index is -0.224. The van der Waals surface area contributed by atoms with E-state index in [2.05, 4.69) is 20.5 Å². The molecule has 5 rings (SSSR count). The zero-order chi connectivity index (χ0) is 27.4. The first kappa shape index (κ1) is 27.0. The Bertz CT molecular complexity index is 1380. The predicted octanol–water partition coefficient (Wildman–Crippen LogP) is 3.08. The molecule has 2 aliphatic rings. The van der Waals surface area contributed by atoms with Crippen LogP contribution in [0.2, 0.25) is 0 Å². The molecule has 0 spiro atoms. The number of nitrogens with zero attached hydrogens (tertiary/aromatic N) is 2. The van der Waals surface area contributed by atoms with Gasteiger partial charge in [-0.05, 0) is 56.4 Å². The molecule has 0 radical (unpaired) electrons. The number of fused-ring (bicyclic) bond motifs is 1. The maximum Gasteiger partial charge on any atom is 0.326 e. The van der Waals surface area contributed by atoms with Crippen LogP contribution in [0, 0.1) is 12.8 Å². The maximum atomic E-state index is 13.0. The molecule has 0 atom stereocenters. The van der Waals surface area contributed by atoms with Gasteiger partial charge >= 0.3 is 5.69 Å². The Morgan fingerprint density at radius 1 is 1.10 bits per heavy atom. The van der Waals surface area contributed by atoms with Crippen molar-refractivity contribution < 1.29 is 19.1 Å². The molecule has 0 unspecified atom stereocenters. The first-order chi connectivity index (χ1) is 18.9. The quantitative estimate of drug-likeness (QED) is 0.408. The van der Waals surface area contributed by atoms with Crippen LogP contribution in [0.5, 0.6) is 5.75 Å². The Hall–Kier alpha value is -3.63. The average molecular weight is 536 g/mol. The van der Waals surface area contributed by atoms with Gasteiger partial charge in [0.2, 0.25) is 5.91 Å². The third-order valence-electron chi connectivity index (χ3n) is 7.92. The smallest absolute Gasteiger partial charge is 0.326 e. The van der Waals surface area contributed by atoms with Gasteiger partial charge < -0.3 is 25.1 Å². The lowest BCUT2D eigenvalue weighted by atomic mass is 9.85. The number of benzene rings is 2. The van der Waals surface area contributed by atoms with E-state index >= 15 is 0 Å². The molecule has 0 bridgehead atoms. The number of amides is 2. The Labute approximate surface area is 227 Å². The van der Waals surface area contributed by atoms with E-state index in [1.165, 1.54) is 0 Å². The highest BCUT2D eigenvalue weighted by Gasteiger charge is 2.29. The summed E-state index contributed by atoms with van der Waals surface area (Å²) in [5, 5.41) is 6.00. The summed E-state index contributed by atoms with van der Waals surface area (Å²) in [5.74, 6) is 0.402. The number of hydrogen-bond donors (Lipinski definition) is 3. The number of carbonyl (C=O) groups excluding carboxylic acids is 2. The number of H-pyrrole nitrogens is 1. The van der Waals surface area contributed by atoms with Gasteiger partial charge in [0.1, 0.15) is 5.75 Å². The molecular weight excluding hydrogens is 498 g/mol. The van der Waals surface area contributed by atoms with Crippen molar-refractivity contribution in [2.45, 2.75) is 38.6 Å². The fraction of sp³-hybridized carbons (Fsp3) is 0.483. The number of methoxy groups -OCH3 is 1. The van der Waals surface area contributed by atoms with Crippen molar-refractivity contribution in [2.75, 3.05) is 51.8 Å². The molecule has 3 N–H and O–H groups in total. The number of para-hydroxylation sites is 1. The molecule has 10 nitrogen and oxygen atoms in total. The van der Waals surface area contributed by atoms with Crippen LogP contribution in [0.4, 0.5) is 5.69 Å². The van der Waals surface area contributed by atoms with Crippen LogP contribution in [0.3, 0.4) is 0 Å². The fourth-order valence-corrected chi connectivity index (χ4v) is 5.69. The fourth-order valence-electron chi connectivity index (χ4n) is 5.69. The lowest BCUT2D eigenvalue weighted by molar-refractivity contribution is -0.121. The number of hydrogen-bond acceptors (Lipinski definition) is 6. The Kier molecular flexibility index (Phi) is 8.33. The number of aromatic nitrogens is 2. The van der Waals surface area contributed by atoms with Crippen LogP contribution < -0.4 is 21.1 Å². The van der Waals surface area contributed by atoms with Crippen molar-refractivity contribution in [1.29, 1.82) is 0 Å². The number of carbonyl (C=O) groups is 2. The van der Waals surface area contributed by atoms with Crippen LogP contribution in [0.25, 0.3) is 11.0 Å². The van der Waals surface area contributed by atoms with Gasteiger partial charge in [0, 0.05) is 49.9 Å². The van der Waals surface area contributed by atoms with Gasteiger partial charge in [-0.25, -0.2) is 4.79 Å². The van der Waals surface area contributed by atoms with Crippen molar-refractivity contribution in [3.05, 3.63) is 58.0 Å². The summed E-state index contributed by atoms with van der Waals surface area (Å²) in [6, 6.07) is 11.0. The number of imidazole rings is 1. The highest BCUT2D eigenvalue weighted by atomic mass is 16.5. The Morgan fingerprint density at radius 2 is 1.87 bits per heavy atom. The summed E-state index contributed by atoms with van der Waals surface area (Å²) >= 11 is 0. The van der Waals surface area contributed by atoms with Gasteiger partial charge in [0.05, 0.1) is 36.9 Å². The Balaban J connectivity index is 1.22. The monoisotopic (exact) mass is 535 g/mol. The number of aryl methyl sites for hydroxylation is 1. The lowest BCUT2D eigenvalue weighted by Crippen LogP contribution is -2.41. The molecule has 208 valence electrons. The molecule has 1 saturated carbocycles. The molecule has 1 saturated heterocycles. The first-order valence-corrected chi connectivity index (χ1v) is 13.7. The van der Waals surface area contributed by atoms with E-state index in [-0.39, 0.29) is 29.5 Å². The number of rotatable bonds is 8.